The minimum atomic E-state index is -4.89. The minimum Gasteiger partial charge on any atom is -0.491 e. The molecule has 12 heteroatoms. The lowest BCUT2D eigenvalue weighted by Gasteiger charge is -2.07. The first-order valence-corrected chi connectivity index (χ1v) is 17.6. The topological polar surface area (TPSA) is 69.8 Å². The van der Waals surface area contributed by atoms with Gasteiger partial charge in [-0.25, -0.2) is 0 Å². The van der Waals surface area contributed by atoms with Gasteiger partial charge in [0.25, 0.3) is 6.08 Å². The first-order chi connectivity index (χ1) is 24.6. The third-order valence-corrected chi connectivity index (χ3v) is 4.64. The quantitative estimate of drug-likeness (QED) is 0.195. The predicted molar refractivity (Wildman–Crippen MR) is 236 cm³/mol. The van der Waals surface area contributed by atoms with E-state index >= 15 is 0 Å². The molecule has 0 aromatic heterocycles. The number of carbonyl (C=O) groups excluding carboxylic acids is 1. The van der Waals surface area contributed by atoms with E-state index in [4.69, 9.17) is 18.9 Å². The number of allylic oxidation sites excluding steroid dienone is 1. The summed E-state index contributed by atoms with van der Waals surface area (Å²) in [6, 6.07) is 16.5. The number of benzene rings is 2. The molecule has 0 aliphatic carbocycles. The van der Waals surface area contributed by atoms with Crippen molar-refractivity contribution in [2.24, 2.45) is 0 Å². The number of rotatable bonds is 8. The molecule has 0 N–H and O–H groups in total. The molecule has 0 saturated carbocycles. The highest BCUT2D eigenvalue weighted by atomic mass is 19.4. The smallest absolute Gasteiger partial charge is 0.417 e. The van der Waals surface area contributed by atoms with Crippen molar-refractivity contribution in [1.29, 1.82) is 0 Å². The van der Waals surface area contributed by atoms with Gasteiger partial charge in [-0.1, -0.05) is 136 Å². The van der Waals surface area contributed by atoms with Crippen molar-refractivity contribution in [3.8, 4) is 11.5 Å². The van der Waals surface area contributed by atoms with Crippen LogP contribution in [0.5, 0.6) is 11.5 Å². The molecule has 0 spiro atoms. The molecule has 0 radical (unpaired) electrons. The zero-order valence-electron chi connectivity index (χ0n) is 34.1. The molecule has 4 rings (SSSR count). The van der Waals surface area contributed by atoms with Gasteiger partial charge in [-0.2, -0.15) is 22.0 Å². The summed E-state index contributed by atoms with van der Waals surface area (Å²) < 4.78 is 91.0. The van der Waals surface area contributed by atoms with E-state index in [9.17, 15) is 31.1 Å². The van der Waals surface area contributed by atoms with Crippen LogP contribution in [0.4, 0.5) is 26.3 Å². The summed E-state index contributed by atoms with van der Waals surface area (Å²) in [7, 11) is 3.75. The van der Waals surface area contributed by atoms with E-state index in [-0.39, 0.29) is 42.9 Å². The number of Topliss-reactive ketones (excluding diaryl/α,β-unsaturated/α-hetero) is 1. The molecule has 2 heterocycles. The van der Waals surface area contributed by atoms with Gasteiger partial charge in [-0.15, -0.1) is 0 Å². The fraction of sp³-hybridized carbons (Fsp3) is 0.667. The van der Waals surface area contributed by atoms with Crippen LogP contribution in [0.15, 0.2) is 60.2 Å². The Bertz CT molecular complexity index is 982. The van der Waals surface area contributed by atoms with E-state index in [1.807, 2.05) is 38.1 Å². The molecule has 2 aromatic rings. The normalized spacial score (nSPS) is 12.5. The highest BCUT2D eigenvalue weighted by Gasteiger charge is 2.33. The molecule has 2 saturated heterocycles. The second kappa shape index (κ2) is 55.0. The molecule has 346 valence electrons. The number of epoxide rings is 2. The van der Waals surface area contributed by atoms with E-state index in [0.29, 0.717) is 39.5 Å². The molecule has 0 bridgehead atoms. The van der Waals surface area contributed by atoms with Crippen molar-refractivity contribution in [1.82, 2.24) is 0 Å². The fourth-order valence-electron chi connectivity index (χ4n) is 2.46. The van der Waals surface area contributed by atoms with Gasteiger partial charge in [0.2, 0.25) is 0 Å². The molecule has 2 aromatic carbocycles. The average molecular weight is 839 g/mol. The average Bonchev–Trinajstić information content (AvgIpc) is 4.03. The Balaban J connectivity index is -0.0000000689. The first-order valence-electron chi connectivity index (χ1n) is 17.6. The zero-order valence-corrected chi connectivity index (χ0v) is 34.1. The van der Waals surface area contributed by atoms with Gasteiger partial charge in [0, 0.05) is 14.2 Å². The number of ketones is 1. The second-order valence-electron chi connectivity index (χ2n) is 10.8. The van der Waals surface area contributed by atoms with Crippen molar-refractivity contribution in [2.45, 2.75) is 157 Å². The van der Waals surface area contributed by atoms with Gasteiger partial charge in [-0.05, 0) is 62.6 Å². The van der Waals surface area contributed by atoms with Gasteiger partial charge in [0.1, 0.15) is 42.7 Å². The number of alkyl halides is 4. The van der Waals surface area contributed by atoms with Gasteiger partial charge in [0.15, 0.2) is 0 Å². The van der Waals surface area contributed by atoms with Crippen LogP contribution in [-0.2, 0) is 25.4 Å². The summed E-state index contributed by atoms with van der Waals surface area (Å²) in [6.45, 7) is 23.1. The number of methoxy groups -OCH3 is 1. The van der Waals surface area contributed by atoms with Crippen LogP contribution < -0.4 is 9.47 Å². The maximum Gasteiger partial charge on any atom is 0.417 e. The largest absolute Gasteiger partial charge is 0.491 e. The molecule has 57 heavy (non-hydrogen) atoms. The van der Waals surface area contributed by atoms with Gasteiger partial charge in [0.05, 0.1) is 26.0 Å². The molecule has 6 nitrogen and oxygen atoms in total. The molecule has 2 fully saturated rings. The number of carbonyl (C=O) groups is 1. The van der Waals surface area contributed by atoms with Crippen molar-refractivity contribution in [2.75, 3.05) is 47.8 Å². The van der Waals surface area contributed by atoms with Gasteiger partial charge < -0.3 is 28.5 Å². The standard InChI is InChI=1S/C19H20O4.C4H3F5.C3H6O.3C3H8.C2H6O.C2H6.CH3F.5CH4/c1-5-16(20-10-18-12-22-18)6-2-14(1)9-15-3-7-17(8-4-15)21-11-19-13-23-19;1-2(3(5)6)4(7,8)9;1-3(2)4;4*1-3-2;2*1-2;;;;;/h1-8,18-19H,9-13H2;1H3;1-2H3;3*3H2,1-2H3;1-2H3;1-2H3;1H3;5*1H4. The predicted octanol–water partition coefficient (Wildman–Crippen LogP) is 15.5. The number of halogens is 6. The summed E-state index contributed by atoms with van der Waals surface area (Å²) in [6.07, 6.45) is -2.33. The maximum absolute atomic E-state index is 11.2. The summed E-state index contributed by atoms with van der Waals surface area (Å²) in [4.78, 5) is 9.44. The number of hydrogen-bond acceptors (Lipinski definition) is 6. The third-order valence-electron chi connectivity index (χ3n) is 4.64. The molecule has 2 unspecified atom stereocenters. The van der Waals surface area contributed by atoms with E-state index in [1.54, 1.807) is 14.2 Å². The van der Waals surface area contributed by atoms with Crippen molar-refractivity contribution in [3.63, 3.8) is 0 Å². The Hall–Kier alpha value is -3.09. The molecule has 0 amide bonds. The first kappa shape index (κ1) is 78.3. The highest BCUT2D eigenvalue weighted by Crippen LogP contribution is 2.28. The maximum atomic E-state index is 11.2. The summed E-state index contributed by atoms with van der Waals surface area (Å²) >= 11 is 0. The van der Waals surface area contributed by atoms with Crippen LogP contribution in [0.2, 0.25) is 0 Å². The fourth-order valence-corrected chi connectivity index (χ4v) is 2.46. The van der Waals surface area contributed by atoms with Gasteiger partial charge >= 0.3 is 6.18 Å². The zero-order chi connectivity index (χ0) is 41.5. The van der Waals surface area contributed by atoms with Crippen LogP contribution in [0, 0.1) is 0 Å². The van der Waals surface area contributed by atoms with Gasteiger partial charge in [-0.3, -0.25) is 4.39 Å². The molecule has 2 atom stereocenters. The molecule has 2 aliphatic heterocycles. The van der Waals surface area contributed by atoms with E-state index in [1.165, 1.54) is 44.2 Å². The van der Waals surface area contributed by atoms with Crippen LogP contribution in [0.3, 0.4) is 0 Å². The number of hydrogen-bond donors (Lipinski definition) is 0. The van der Waals surface area contributed by atoms with Crippen molar-refractivity contribution in [3.05, 3.63) is 71.3 Å². The Morgan fingerprint density at radius 3 is 0.982 bits per heavy atom. The minimum absolute atomic E-state index is 0. The lowest BCUT2D eigenvalue weighted by molar-refractivity contribution is -0.115. The molecular weight excluding hydrogens is 750 g/mol. The van der Waals surface area contributed by atoms with Crippen LogP contribution in [0.25, 0.3) is 0 Å². The van der Waals surface area contributed by atoms with Crippen molar-refractivity contribution < 1.29 is 54.8 Å². The van der Waals surface area contributed by atoms with E-state index < -0.39 is 17.8 Å². The molecule has 2 aliphatic rings. The third kappa shape index (κ3) is 62.3. The SMILES string of the molecule is C.C.C.C.C.CC.CC(=C(F)F)C(F)(F)F.CC(C)=O.CCC.CCC.CCC.CF.COC.c1cc(OCC2CO2)ccc1Cc1ccc(OCC2CO2)cc1. The Morgan fingerprint density at radius 2 is 0.842 bits per heavy atom. The van der Waals surface area contributed by atoms with E-state index in [0.717, 1.165) is 31.1 Å². The lowest BCUT2D eigenvalue weighted by atomic mass is 10.0. The Labute approximate surface area is 348 Å². The number of ether oxygens (including phenoxy) is 5. The lowest BCUT2D eigenvalue weighted by Crippen LogP contribution is -2.09. The van der Waals surface area contributed by atoms with E-state index in [2.05, 4.69) is 70.5 Å². The van der Waals surface area contributed by atoms with Crippen LogP contribution in [-0.4, -0.2) is 72.0 Å². The monoisotopic (exact) mass is 839 g/mol. The highest BCUT2D eigenvalue weighted by molar-refractivity contribution is 5.72. The summed E-state index contributed by atoms with van der Waals surface area (Å²) in [5.74, 6) is 1.96. The Kier molecular flexibility index (Phi) is 75.5. The molecular formula is C45H88F6O6. The Morgan fingerprint density at radius 1 is 0.632 bits per heavy atom. The summed E-state index contributed by atoms with van der Waals surface area (Å²) in [5.41, 5.74) is 0.697. The summed E-state index contributed by atoms with van der Waals surface area (Å²) in [5, 5.41) is 0. The van der Waals surface area contributed by atoms with Crippen LogP contribution in [0.1, 0.15) is 144 Å². The van der Waals surface area contributed by atoms with Crippen LogP contribution >= 0.6 is 0 Å². The van der Waals surface area contributed by atoms with Crippen molar-refractivity contribution >= 4 is 5.78 Å². The second-order valence-corrected chi connectivity index (χ2v) is 10.8.